The lowest BCUT2D eigenvalue weighted by Crippen LogP contribution is -2.20. The van der Waals surface area contributed by atoms with E-state index in [9.17, 15) is 19.8 Å². The number of hydrogen-bond acceptors (Lipinski definition) is 5. The van der Waals surface area contributed by atoms with Crippen molar-refractivity contribution in [2.24, 2.45) is 0 Å². The first-order valence-electron chi connectivity index (χ1n) is 8.30. The summed E-state index contributed by atoms with van der Waals surface area (Å²) in [4.78, 5) is 30.1. The number of fused-ring (bicyclic) bond motifs is 1. The van der Waals surface area contributed by atoms with Gasteiger partial charge in [-0.2, -0.15) is 0 Å². The van der Waals surface area contributed by atoms with E-state index < -0.39 is 17.1 Å². The Morgan fingerprint density at radius 2 is 1.75 bits per heavy atom. The summed E-state index contributed by atoms with van der Waals surface area (Å²) in [5.41, 5.74) is 0.352. The second-order valence-corrected chi connectivity index (χ2v) is 6.50. The van der Waals surface area contributed by atoms with Crippen LogP contribution in [0.1, 0.15) is 10.5 Å². The highest BCUT2D eigenvalue weighted by Crippen LogP contribution is 2.33. The fourth-order valence-corrected chi connectivity index (χ4v) is 3.34. The van der Waals surface area contributed by atoms with Crippen molar-refractivity contribution in [3.63, 3.8) is 0 Å². The van der Waals surface area contributed by atoms with Crippen LogP contribution in [-0.2, 0) is 0 Å². The molecule has 0 atom stereocenters. The molecule has 138 valence electrons. The van der Waals surface area contributed by atoms with E-state index in [2.05, 4.69) is 4.98 Å². The van der Waals surface area contributed by atoms with Crippen molar-refractivity contribution in [2.75, 3.05) is 0 Å². The minimum absolute atomic E-state index is 0.0515. The summed E-state index contributed by atoms with van der Waals surface area (Å²) in [5.74, 6) is -1.25. The largest absolute Gasteiger partial charge is 0.508 e. The number of pyridine rings is 2. The highest BCUT2D eigenvalue weighted by Gasteiger charge is 2.22. The SMILES string of the molecule is O=C(c1ccccn1)n1c(-c2ccccc2Cl)cc(=O)c2c(O)cc(O)cc21. The van der Waals surface area contributed by atoms with Gasteiger partial charge in [-0.15, -0.1) is 0 Å². The van der Waals surface area contributed by atoms with E-state index in [1.807, 2.05) is 0 Å². The van der Waals surface area contributed by atoms with Crippen molar-refractivity contribution < 1.29 is 15.0 Å². The van der Waals surface area contributed by atoms with E-state index >= 15 is 0 Å². The fraction of sp³-hybridized carbons (Fsp3) is 0. The van der Waals surface area contributed by atoms with Crippen LogP contribution >= 0.6 is 11.6 Å². The Morgan fingerprint density at radius 3 is 2.46 bits per heavy atom. The number of benzene rings is 2. The third-order valence-corrected chi connectivity index (χ3v) is 4.64. The summed E-state index contributed by atoms with van der Waals surface area (Å²) in [6.45, 7) is 0. The molecule has 0 fully saturated rings. The molecule has 0 aliphatic rings. The molecular weight excluding hydrogens is 380 g/mol. The van der Waals surface area contributed by atoms with Crippen LogP contribution in [-0.4, -0.2) is 25.7 Å². The first-order chi connectivity index (χ1) is 13.5. The van der Waals surface area contributed by atoms with Gasteiger partial charge in [-0.25, -0.2) is 0 Å². The minimum Gasteiger partial charge on any atom is -0.508 e. The van der Waals surface area contributed by atoms with Crippen molar-refractivity contribution in [3.05, 3.63) is 87.8 Å². The number of aromatic nitrogens is 2. The van der Waals surface area contributed by atoms with Gasteiger partial charge in [0.15, 0.2) is 5.43 Å². The molecule has 0 unspecified atom stereocenters. The summed E-state index contributed by atoms with van der Waals surface area (Å²) < 4.78 is 1.22. The average molecular weight is 393 g/mol. The zero-order chi connectivity index (χ0) is 19.8. The van der Waals surface area contributed by atoms with Gasteiger partial charge in [0.2, 0.25) is 0 Å². The van der Waals surface area contributed by atoms with Crippen LogP contribution in [0.2, 0.25) is 5.02 Å². The lowest BCUT2D eigenvalue weighted by atomic mass is 10.1. The lowest BCUT2D eigenvalue weighted by Gasteiger charge is -2.17. The molecule has 0 spiro atoms. The Labute approximate surface area is 163 Å². The molecule has 0 radical (unpaired) electrons. The smallest absolute Gasteiger partial charge is 0.281 e. The molecule has 0 aliphatic carbocycles. The zero-order valence-corrected chi connectivity index (χ0v) is 15.1. The monoisotopic (exact) mass is 392 g/mol. The highest BCUT2D eigenvalue weighted by molar-refractivity contribution is 6.33. The Bertz CT molecular complexity index is 1280. The molecule has 28 heavy (non-hydrogen) atoms. The van der Waals surface area contributed by atoms with Gasteiger partial charge in [0.1, 0.15) is 17.2 Å². The molecular formula is C21H13ClN2O4. The average Bonchev–Trinajstić information content (AvgIpc) is 2.68. The van der Waals surface area contributed by atoms with Crippen LogP contribution in [0.5, 0.6) is 11.5 Å². The van der Waals surface area contributed by atoms with Crippen LogP contribution < -0.4 is 5.43 Å². The number of aromatic hydroxyl groups is 2. The van der Waals surface area contributed by atoms with Gasteiger partial charge >= 0.3 is 0 Å². The van der Waals surface area contributed by atoms with Crippen LogP contribution in [0.25, 0.3) is 22.2 Å². The number of phenolic OH excluding ortho intramolecular Hbond substituents is 2. The summed E-state index contributed by atoms with van der Waals surface area (Å²) >= 11 is 6.31. The van der Waals surface area contributed by atoms with Gasteiger partial charge in [0, 0.05) is 35.0 Å². The van der Waals surface area contributed by atoms with E-state index in [0.29, 0.717) is 10.6 Å². The van der Waals surface area contributed by atoms with Crippen molar-refractivity contribution in [1.29, 1.82) is 0 Å². The van der Waals surface area contributed by atoms with Gasteiger partial charge < -0.3 is 10.2 Å². The fourth-order valence-electron chi connectivity index (χ4n) is 3.11. The second kappa shape index (κ2) is 6.83. The van der Waals surface area contributed by atoms with Crippen molar-refractivity contribution >= 4 is 28.4 Å². The summed E-state index contributed by atoms with van der Waals surface area (Å²) in [5, 5.41) is 20.4. The number of carbonyl (C=O) groups excluding carboxylic acids is 1. The number of phenols is 2. The molecule has 0 amide bonds. The number of hydrogen-bond donors (Lipinski definition) is 2. The van der Waals surface area contributed by atoms with E-state index in [-0.39, 0.29) is 28.0 Å². The number of halogens is 1. The molecule has 4 aromatic rings. The molecule has 7 heteroatoms. The molecule has 6 nitrogen and oxygen atoms in total. The van der Waals surface area contributed by atoms with E-state index in [0.717, 1.165) is 6.07 Å². The quantitative estimate of drug-likeness (QED) is 0.541. The first-order valence-corrected chi connectivity index (χ1v) is 8.67. The Hall–Kier alpha value is -3.64. The maximum atomic E-state index is 13.3. The van der Waals surface area contributed by atoms with Gasteiger partial charge in [-0.1, -0.05) is 35.9 Å². The number of rotatable bonds is 2. The Balaban J connectivity index is 2.17. The number of nitrogens with zero attached hydrogens (tertiary/aromatic N) is 2. The Morgan fingerprint density at radius 1 is 1.00 bits per heavy atom. The summed E-state index contributed by atoms with van der Waals surface area (Å²) in [7, 11) is 0. The molecule has 2 aromatic carbocycles. The van der Waals surface area contributed by atoms with Gasteiger partial charge in [0.25, 0.3) is 5.91 Å². The van der Waals surface area contributed by atoms with Gasteiger partial charge in [-0.3, -0.25) is 19.1 Å². The standard InChI is InChI=1S/C21H13ClN2O4/c22-14-6-2-1-5-13(14)16-11-19(27)20-17(9-12(25)10-18(20)26)24(16)21(28)15-7-3-4-8-23-15/h1-11,25-26H. The molecule has 4 rings (SSSR count). The maximum Gasteiger partial charge on any atom is 0.281 e. The number of carbonyl (C=O) groups is 1. The Kier molecular flexibility index (Phi) is 4.33. The van der Waals surface area contributed by atoms with E-state index in [1.54, 1.807) is 36.4 Å². The molecule has 2 heterocycles. The van der Waals surface area contributed by atoms with Crippen LogP contribution in [0.3, 0.4) is 0 Å². The van der Waals surface area contributed by atoms with E-state index in [1.165, 1.54) is 29.0 Å². The molecule has 2 N–H and O–H groups in total. The predicted molar refractivity (Wildman–Crippen MR) is 106 cm³/mol. The highest BCUT2D eigenvalue weighted by atomic mass is 35.5. The molecule has 0 aliphatic heterocycles. The topological polar surface area (TPSA) is 92.4 Å². The van der Waals surface area contributed by atoms with Crippen LogP contribution in [0, 0.1) is 0 Å². The summed E-state index contributed by atoms with van der Waals surface area (Å²) in [6.07, 6.45) is 1.47. The van der Waals surface area contributed by atoms with E-state index in [4.69, 9.17) is 11.6 Å². The zero-order valence-electron chi connectivity index (χ0n) is 14.3. The van der Waals surface area contributed by atoms with Crippen molar-refractivity contribution in [1.82, 2.24) is 9.55 Å². The van der Waals surface area contributed by atoms with Gasteiger partial charge in [0.05, 0.1) is 16.6 Å². The van der Waals surface area contributed by atoms with Crippen molar-refractivity contribution in [2.45, 2.75) is 0 Å². The van der Waals surface area contributed by atoms with Crippen LogP contribution in [0.15, 0.2) is 71.7 Å². The molecule has 0 saturated heterocycles. The first kappa shape index (κ1) is 17.8. The molecule has 0 bridgehead atoms. The molecule has 2 aromatic heterocycles. The van der Waals surface area contributed by atoms with Crippen molar-refractivity contribution in [3.8, 4) is 22.8 Å². The normalized spacial score (nSPS) is 10.9. The van der Waals surface area contributed by atoms with Crippen LogP contribution in [0.4, 0.5) is 0 Å². The third-order valence-electron chi connectivity index (χ3n) is 4.31. The summed E-state index contributed by atoms with van der Waals surface area (Å²) in [6, 6.07) is 15.2. The van der Waals surface area contributed by atoms with Gasteiger partial charge in [-0.05, 0) is 18.2 Å². The minimum atomic E-state index is -0.537. The third kappa shape index (κ3) is 2.90. The lowest BCUT2D eigenvalue weighted by molar-refractivity contribution is 0.0961. The predicted octanol–water partition coefficient (Wildman–Crippen LogP) is 3.82. The maximum absolute atomic E-state index is 13.3. The second-order valence-electron chi connectivity index (χ2n) is 6.09. The molecule has 0 saturated carbocycles.